The SMILES string of the molecule is CC(C)NCc1ccnc(OC(C)c2ccccc2)c1F. The zero-order valence-corrected chi connectivity index (χ0v) is 12.6. The second kappa shape index (κ2) is 7.18. The third-order valence-electron chi connectivity index (χ3n) is 3.20. The minimum Gasteiger partial charge on any atom is -0.468 e. The van der Waals surface area contributed by atoms with E-state index in [9.17, 15) is 4.39 Å². The average Bonchev–Trinajstić information content (AvgIpc) is 2.49. The number of pyridine rings is 1. The Kier molecular flexibility index (Phi) is 5.28. The van der Waals surface area contributed by atoms with E-state index in [1.54, 1.807) is 12.3 Å². The highest BCUT2D eigenvalue weighted by atomic mass is 19.1. The molecule has 0 spiro atoms. The number of halogens is 1. The second-order valence-corrected chi connectivity index (χ2v) is 5.30. The van der Waals surface area contributed by atoms with E-state index in [1.807, 2.05) is 51.1 Å². The first-order valence-electron chi connectivity index (χ1n) is 7.16. The van der Waals surface area contributed by atoms with Gasteiger partial charge in [-0.1, -0.05) is 44.2 Å². The summed E-state index contributed by atoms with van der Waals surface area (Å²) >= 11 is 0. The van der Waals surface area contributed by atoms with Gasteiger partial charge in [-0.3, -0.25) is 0 Å². The fraction of sp³-hybridized carbons (Fsp3) is 0.353. The van der Waals surface area contributed by atoms with Gasteiger partial charge in [0.2, 0.25) is 0 Å². The smallest absolute Gasteiger partial charge is 0.251 e. The molecule has 3 nitrogen and oxygen atoms in total. The van der Waals surface area contributed by atoms with Gasteiger partial charge in [-0.25, -0.2) is 9.37 Å². The highest BCUT2D eigenvalue weighted by Gasteiger charge is 2.14. The fourth-order valence-electron chi connectivity index (χ4n) is 1.95. The molecule has 0 fully saturated rings. The van der Waals surface area contributed by atoms with Gasteiger partial charge in [-0.05, 0) is 18.6 Å². The van der Waals surface area contributed by atoms with Gasteiger partial charge in [0.15, 0.2) is 5.82 Å². The lowest BCUT2D eigenvalue weighted by atomic mass is 10.1. The first-order chi connectivity index (χ1) is 10.1. The monoisotopic (exact) mass is 288 g/mol. The topological polar surface area (TPSA) is 34.2 Å². The van der Waals surface area contributed by atoms with Crippen LogP contribution in [-0.2, 0) is 6.54 Å². The number of hydrogen-bond acceptors (Lipinski definition) is 3. The van der Waals surface area contributed by atoms with Gasteiger partial charge in [-0.15, -0.1) is 0 Å². The van der Waals surface area contributed by atoms with Crippen molar-refractivity contribution in [2.24, 2.45) is 0 Å². The summed E-state index contributed by atoms with van der Waals surface area (Å²) in [5.74, 6) is -0.345. The molecule has 0 aliphatic heterocycles. The maximum atomic E-state index is 14.4. The van der Waals surface area contributed by atoms with Crippen LogP contribution in [0.1, 0.15) is 38.0 Å². The van der Waals surface area contributed by atoms with E-state index in [0.717, 1.165) is 5.56 Å². The van der Waals surface area contributed by atoms with Gasteiger partial charge < -0.3 is 10.1 Å². The number of nitrogens with zero attached hydrogens (tertiary/aromatic N) is 1. The Labute approximate surface area is 125 Å². The van der Waals surface area contributed by atoms with Crippen LogP contribution in [0.25, 0.3) is 0 Å². The van der Waals surface area contributed by atoms with Crippen LogP contribution in [0.5, 0.6) is 5.88 Å². The lowest BCUT2D eigenvalue weighted by molar-refractivity contribution is 0.205. The summed E-state index contributed by atoms with van der Waals surface area (Å²) in [6, 6.07) is 11.7. The van der Waals surface area contributed by atoms with Crippen LogP contribution < -0.4 is 10.1 Å². The number of ether oxygens (including phenoxy) is 1. The molecule has 2 rings (SSSR count). The summed E-state index contributed by atoms with van der Waals surface area (Å²) in [4.78, 5) is 4.01. The van der Waals surface area contributed by atoms with Gasteiger partial charge in [0.1, 0.15) is 6.10 Å². The maximum Gasteiger partial charge on any atom is 0.251 e. The van der Waals surface area contributed by atoms with Crippen molar-refractivity contribution in [1.29, 1.82) is 0 Å². The number of benzene rings is 1. The van der Waals surface area contributed by atoms with E-state index < -0.39 is 5.82 Å². The van der Waals surface area contributed by atoms with Crippen LogP contribution in [0, 0.1) is 5.82 Å². The molecule has 1 heterocycles. The molecule has 21 heavy (non-hydrogen) atoms. The molecule has 0 bridgehead atoms. The zero-order chi connectivity index (χ0) is 15.2. The molecule has 2 aromatic rings. The number of rotatable bonds is 6. The van der Waals surface area contributed by atoms with Crippen LogP contribution in [0.2, 0.25) is 0 Å². The van der Waals surface area contributed by atoms with Crippen molar-refractivity contribution in [2.45, 2.75) is 39.5 Å². The largest absolute Gasteiger partial charge is 0.468 e. The standard InChI is InChI=1S/C17H21FN2O/c1-12(2)20-11-15-9-10-19-17(16(15)18)21-13(3)14-7-5-4-6-8-14/h4-10,12-13,20H,11H2,1-3H3. The van der Waals surface area contributed by atoms with E-state index in [4.69, 9.17) is 4.74 Å². The van der Waals surface area contributed by atoms with Crippen LogP contribution in [0.15, 0.2) is 42.6 Å². The summed E-state index contributed by atoms with van der Waals surface area (Å²) < 4.78 is 20.0. The molecule has 0 amide bonds. The molecule has 112 valence electrons. The van der Waals surface area contributed by atoms with E-state index in [1.165, 1.54) is 0 Å². The molecule has 4 heteroatoms. The Bertz CT molecular complexity index is 572. The van der Waals surface area contributed by atoms with Crippen molar-refractivity contribution in [3.05, 3.63) is 59.5 Å². The quantitative estimate of drug-likeness (QED) is 0.876. The third-order valence-corrected chi connectivity index (χ3v) is 3.20. The molecule has 0 aliphatic rings. The molecule has 1 aromatic carbocycles. The van der Waals surface area contributed by atoms with Gasteiger partial charge in [0, 0.05) is 24.3 Å². The molecule has 1 aromatic heterocycles. The Hall–Kier alpha value is -1.94. The Morgan fingerprint density at radius 1 is 1.14 bits per heavy atom. The highest BCUT2D eigenvalue weighted by molar-refractivity contribution is 5.25. The van der Waals surface area contributed by atoms with Gasteiger partial charge in [-0.2, -0.15) is 0 Å². The van der Waals surface area contributed by atoms with Crippen molar-refractivity contribution in [1.82, 2.24) is 10.3 Å². The molecule has 0 aliphatic carbocycles. The van der Waals surface area contributed by atoms with Crippen molar-refractivity contribution in [2.75, 3.05) is 0 Å². The van der Waals surface area contributed by atoms with Crippen LogP contribution >= 0.6 is 0 Å². The Morgan fingerprint density at radius 2 is 1.86 bits per heavy atom. The predicted octanol–water partition coefficient (Wildman–Crippen LogP) is 3.86. The predicted molar refractivity (Wildman–Crippen MR) is 81.7 cm³/mol. The number of hydrogen-bond donors (Lipinski definition) is 1. The van der Waals surface area contributed by atoms with E-state index in [-0.39, 0.29) is 12.0 Å². The third kappa shape index (κ3) is 4.26. The number of nitrogens with one attached hydrogen (secondary N) is 1. The minimum absolute atomic E-state index is 0.0504. The molecule has 1 N–H and O–H groups in total. The molecule has 1 unspecified atom stereocenters. The first kappa shape index (κ1) is 15.4. The van der Waals surface area contributed by atoms with Crippen LogP contribution in [0.4, 0.5) is 4.39 Å². The zero-order valence-electron chi connectivity index (χ0n) is 12.6. The molecule has 1 atom stereocenters. The molecule has 0 radical (unpaired) electrons. The van der Waals surface area contributed by atoms with Gasteiger partial charge in [0.05, 0.1) is 0 Å². The fourth-order valence-corrected chi connectivity index (χ4v) is 1.95. The Morgan fingerprint density at radius 3 is 2.52 bits per heavy atom. The lowest BCUT2D eigenvalue weighted by Crippen LogP contribution is -2.22. The van der Waals surface area contributed by atoms with Crippen molar-refractivity contribution in [3.8, 4) is 5.88 Å². The van der Waals surface area contributed by atoms with Gasteiger partial charge in [0.25, 0.3) is 5.88 Å². The summed E-state index contributed by atoms with van der Waals surface area (Å²) in [5, 5.41) is 3.19. The minimum atomic E-state index is -0.395. The summed E-state index contributed by atoms with van der Waals surface area (Å²) in [6.45, 7) is 6.39. The molecular weight excluding hydrogens is 267 g/mol. The summed E-state index contributed by atoms with van der Waals surface area (Å²) in [5.41, 5.74) is 1.55. The van der Waals surface area contributed by atoms with Crippen molar-refractivity contribution >= 4 is 0 Å². The van der Waals surface area contributed by atoms with E-state index >= 15 is 0 Å². The summed E-state index contributed by atoms with van der Waals surface area (Å²) in [7, 11) is 0. The van der Waals surface area contributed by atoms with Crippen molar-refractivity contribution in [3.63, 3.8) is 0 Å². The second-order valence-electron chi connectivity index (χ2n) is 5.30. The van der Waals surface area contributed by atoms with Crippen LogP contribution in [0.3, 0.4) is 0 Å². The summed E-state index contributed by atoms with van der Waals surface area (Å²) in [6.07, 6.45) is 1.33. The number of aromatic nitrogens is 1. The molecule has 0 saturated heterocycles. The van der Waals surface area contributed by atoms with E-state index in [0.29, 0.717) is 18.2 Å². The normalized spacial score (nSPS) is 12.4. The molecule has 0 saturated carbocycles. The average molecular weight is 288 g/mol. The van der Waals surface area contributed by atoms with Crippen molar-refractivity contribution < 1.29 is 9.13 Å². The van der Waals surface area contributed by atoms with Crippen LogP contribution in [-0.4, -0.2) is 11.0 Å². The lowest BCUT2D eigenvalue weighted by Gasteiger charge is -2.16. The van der Waals surface area contributed by atoms with Gasteiger partial charge >= 0.3 is 0 Å². The molecular formula is C17H21FN2O. The first-order valence-corrected chi connectivity index (χ1v) is 7.16. The Balaban J connectivity index is 2.11. The maximum absolute atomic E-state index is 14.4. The van der Waals surface area contributed by atoms with E-state index in [2.05, 4.69) is 10.3 Å². The highest BCUT2D eigenvalue weighted by Crippen LogP contribution is 2.24.